The number of piperidine rings is 1. The Balaban J connectivity index is 0.00000264. The molecule has 1 aromatic heterocycles. The van der Waals surface area contributed by atoms with Crippen molar-refractivity contribution in [3.05, 3.63) is 12.4 Å². The Morgan fingerprint density at radius 1 is 1.39 bits per heavy atom. The highest BCUT2D eigenvalue weighted by Crippen LogP contribution is 2.27. The summed E-state index contributed by atoms with van der Waals surface area (Å²) in [5.74, 6) is 0. The van der Waals surface area contributed by atoms with Crippen LogP contribution in [0.3, 0.4) is 0 Å². The predicted octanol–water partition coefficient (Wildman–Crippen LogP) is 1.54. The van der Waals surface area contributed by atoms with Gasteiger partial charge in [-0.15, -0.1) is 12.4 Å². The summed E-state index contributed by atoms with van der Waals surface area (Å²) < 4.78 is 64.1. The lowest BCUT2D eigenvalue weighted by atomic mass is 9.81. The molecule has 23 heavy (non-hydrogen) atoms. The molecular formula is C12H20ClF3N4O2S. The average molecular weight is 377 g/mol. The van der Waals surface area contributed by atoms with Crippen molar-refractivity contribution in [1.29, 1.82) is 0 Å². The van der Waals surface area contributed by atoms with Crippen LogP contribution in [0.15, 0.2) is 17.3 Å². The molecule has 2 rings (SSSR count). The van der Waals surface area contributed by atoms with E-state index < -0.39 is 22.7 Å². The number of hydrogen-bond donors (Lipinski definition) is 2. The number of halogens is 4. The Hall–Kier alpha value is -0.840. The summed E-state index contributed by atoms with van der Waals surface area (Å²) in [7, 11) is -3.85. The topological polar surface area (TPSA) is 76.0 Å². The number of nitrogens with one attached hydrogen (secondary N) is 2. The Morgan fingerprint density at radius 2 is 2.00 bits per heavy atom. The highest BCUT2D eigenvalue weighted by Gasteiger charge is 2.31. The van der Waals surface area contributed by atoms with Gasteiger partial charge in [0.15, 0.2) is 0 Å². The van der Waals surface area contributed by atoms with Gasteiger partial charge in [0.2, 0.25) is 10.0 Å². The Kier molecular flexibility index (Phi) is 6.47. The maximum Gasteiger partial charge on any atom is 0.408 e. The minimum absolute atomic E-state index is 0. The number of rotatable bonds is 5. The molecule has 0 aliphatic carbocycles. The van der Waals surface area contributed by atoms with Crippen LogP contribution >= 0.6 is 12.4 Å². The highest BCUT2D eigenvalue weighted by molar-refractivity contribution is 7.89. The van der Waals surface area contributed by atoms with E-state index in [1.54, 1.807) is 0 Å². The molecule has 2 N–H and O–H groups in total. The van der Waals surface area contributed by atoms with Crippen LogP contribution < -0.4 is 10.0 Å². The van der Waals surface area contributed by atoms with Crippen molar-refractivity contribution in [3.63, 3.8) is 0 Å². The zero-order chi connectivity index (χ0) is 16.4. The molecule has 1 aliphatic rings. The van der Waals surface area contributed by atoms with Gasteiger partial charge in [0.05, 0.1) is 6.20 Å². The van der Waals surface area contributed by atoms with Crippen molar-refractivity contribution in [3.8, 4) is 0 Å². The van der Waals surface area contributed by atoms with E-state index in [1.165, 1.54) is 0 Å². The van der Waals surface area contributed by atoms with E-state index in [2.05, 4.69) is 15.1 Å². The molecule has 0 bridgehead atoms. The smallest absolute Gasteiger partial charge is 0.317 e. The first-order chi connectivity index (χ1) is 10.1. The van der Waals surface area contributed by atoms with Crippen LogP contribution in [0.2, 0.25) is 0 Å². The quantitative estimate of drug-likeness (QED) is 0.817. The van der Waals surface area contributed by atoms with Gasteiger partial charge in [-0.05, 0) is 31.3 Å². The molecule has 6 nitrogen and oxygen atoms in total. The molecule has 0 radical (unpaired) electrons. The third kappa shape index (κ3) is 5.94. The van der Waals surface area contributed by atoms with E-state index in [0.717, 1.165) is 38.3 Å². The summed E-state index contributed by atoms with van der Waals surface area (Å²) in [6.45, 7) is 2.57. The molecule has 1 aromatic rings. The van der Waals surface area contributed by atoms with Crippen LogP contribution in [0.5, 0.6) is 0 Å². The van der Waals surface area contributed by atoms with Crippen molar-refractivity contribution in [1.82, 2.24) is 19.8 Å². The Morgan fingerprint density at radius 3 is 2.57 bits per heavy atom. The Labute approximate surface area is 139 Å². The SMILES string of the molecule is CC1(CNS(=O)(=O)c2cnn(CC(F)(F)F)c2)CCNCC1.Cl. The van der Waals surface area contributed by atoms with Gasteiger partial charge in [-0.25, -0.2) is 13.1 Å². The lowest BCUT2D eigenvalue weighted by molar-refractivity contribution is -0.142. The molecule has 2 heterocycles. The van der Waals surface area contributed by atoms with Crippen LogP contribution in [0, 0.1) is 5.41 Å². The lowest BCUT2D eigenvalue weighted by Gasteiger charge is -2.33. The first kappa shape index (κ1) is 20.2. The fourth-order valence-corrected chi connectivity index (χ4v) is 3.46. The van der Waals surface area contributed by atoms with Gasteiger partial charge < -0.3 is 5.32 Å². The molecule has 1 saturated heterocycles. The maximum atomic E-state index is 12.3. The van der Waals surface area contributed by atoms with E-state index in [0.29, 0.717) is 4.68 Å². The van der Waals surface area contributed by atoms with E-state index in [9.17, 15) is 21.6 Å². The first-order valence-corrected chi connectivity index (χ1v) is 8.38. The number of nitrogens with zero attached hydrogens (tertiary/aromatic N) is 2. The molecule has 0 atom stereocenters. The summed E-state index contributed by atoms with van der Waals surface area (Å²) in [4.78, 5) is -0.255. The predicted molar refractivity (Wildman–Crippen MR) is 80.9 cm³/mol. The van der Waals surface area contributed by atoms with E-state index in [-0.39, 0.29) is 29.3 Å². The lowest BCUT2D eigenvalue weighted by Crippen LogP contribution is -2.42. The number of aromatic nitrogens is 2. The second kappa shape index (κ2) is 7.37. The van der Waals surface area contributed by atoms with Gasteiger partial charge in [0.1, 0.15) is 11.4 Å². The standard InChI is InChI=1S/C12H19F3N4O2S.ClH/c1-11(2-4-16-5-3-11)8-18-22(20,21)10-6-17-19(7-10)9-12(13,14)15;/h6-7,16,18H,2-5,8-9H2,1H3;1H. The monoisotopic (exact) mass is 376 g/mol. The number of sulfonamides is 1. The van der Waals surface area contributed by atoms with Crippen molar-refractivity contribution in [2.75, 3.05) is 19.6 Å². The number of alkyl halides is 3. The van der Waals surface area contributed by atoms with Gasteiger partial charge in [-0.1, -0.05) is 6.92 Å². The molecule has 0 saturated carbocycles. The highest BCUT2D eigenvalue weighted by atomic mass is 35.5. The zero-order valence-corrected chi connectivity index (χ0v) is 14.2. The molecule has 0 aromatic carbocycles. The van der Waals surface area contributed by atoms with Gasteiger partial charge >= 0.3 is 6.18 Å². The fourth-order valence-electron chi connectivity index (χ4n) is 2.31. The largest absolute Gasteiger partial charge is 0.408 e. The summed E-state index contributed by atoms with van der Waals surface area (Å²) in [5, 5.41) is 6.64. The van der Waals surface area contributed by atoms with Crippen LogP contribution in [-0.4, -0.2) is 44.0 Å². The third-order valence-corrected chi connectivity index (χ3v) is 5.12. The van der Waals surface area contributed by atoms with Crippen LogP contribution in [0.25, 0.3) is 0 Å². The van der Waals surface area contributed by atoms with Crippen molar-refractivity contribution in [2.45, 2.75) is 37.4 Å². The summed E-state index contributed by atoms with van der Waals surface area (Å²) >= 11 is 0. The second-order valence-corrected chi connectivity index (χ2v) is 7.64. The zero-order valence-electron chi connectivity index (χ0n) is 12.6. The molecule has 0 spiro atoms. The van der Waals surface area contributed by atoms with E-state index in [4.69, 9.17) is 0 Å². The van der Waals surface area contributed by atoms with Crippen LogP contribution in [0.4, 0.5) is 13.2 Å². The van der Waals surface area contributed by atoms with Crippen molar-refractivity contribution >= 4 is 22.4 Å². The summed E-state index contributed by atoms with van der Waals surface area (Å²) in [6.07, 6.45) is -0.950. The second-order valence-electron chi connectivity index (χ2n) is 5.87. The maximum absolute atomic E-state index is 12.3. The normalized spacial score (nSPS) is 18.4. The van der Waals surface area contributed by atoms with Gasteiger partial charge in [0.25, 0.3) is 0 Å². The van der Waals surface area contributed by atoms with Gasteiger partial charge in [-0.3, -0.25) is 4.68 Å². The molecular weight excluding hydrogens is 357 g/mol. The van der Waals surface area contributed by atoms with Crippen molar-refractivity contribution < 1.29 is 21.6 Å². The molecule has 0 unspecified atom stereocenters. The number of hydrogen-bond acceptors (Lipinski definition) is 4. The fraction of sp³-hybridized carbons (Fsp3) is 0.750. The van der Waals surface area contributed by atoms with E-state index in [1.807, 2.05) is 6.92 Å². The summed E-state index contributed by atoms with van der Waals surface area (Å²) in [6, 6.07) is 0. The molecule has 1 fully saturated rings. The van der Waals surface area contributed by atoms with Crippen LogP contribution in [-0.2, 0) is 16.6 Å². The van der Waals surface area contributed by atoms with Crippen LogP contribution in [0.1, 0.15) is 19.8 Å². The molecule has 1 aliphatic heterocycles. The van der Waals surface area contributed by atoms with Gasteiger partial charge in [0, 0.05) is 12.7 Å². The molecule has 134 valence electrons. The minimum atomic E-state index is -4.44. The molecule has 11 heteroatoms. The Bertz CT molecular complexity index is 612. The van der Waals surface area contributed by atoms with E-state index >= 15 is 0 Å². The molecule has 0 amide bonds. The minimum Gasteiger partial charge on any atom is -0.317 e. The first-order valence-electron chi connectivity index (χ1n) is 6.89. The van der Waals surface area contributed by atoms with Crippen molar-refractivity contribution in [2.24, 2.45) is 5.41 Å². The third-order valence-electron chi connectivity index (χ3n) is 3.76. The average Bonchev–Trinajstić information content (AvgIpc) is 2.85. The summed E-state index contributed by atoms with van der Waals surface area (Å²) in [5.41, 5.74) is -0.152. The van der Waals surface area contributed by atoms with Gasteiger partial charge in [-0.2, -0.15) is 18.3 Å².